The van der Waals surface area contributed by atoms with Gasteiger partial charge in [-0.3, -0.25) is 4.99 Å². The molecule has 3 nitrogen and oxygen atoms in total. The summed E-state index contributed by atoms with van der Waals surface area (Å²) in [4.78, 5) is 8.23. The third-order valence-corrected chi connectivity index (χ3v) is 2.24. The van der Waals surface area contributed by atoms with Crippen LogP contribution in [0.15, 0.2) is 17.3 Å². The highest BCUT2D eigenvalue weighted by atomic mass is 35.5. The van der Waals surface area contributed by atoms with Gasteiger partial charge in [-0.2, -0.15) is 0 Å². The molecule has 4 heteroatoms. The molecule has 1 aliphatic rings. The molecule has 1 fully saturated rings. The quantitative estimate of drug-likeness (QED) is 0.579. The van der Waals surface area contributed by atoms with Gasteiger partial charge in [0.15, 0.2) is 0 Å². The lowest BCUT2D eigenvalue weighted by atomic mass is 10.2. The highest BCUT2D eigenvalue weighted by Crippen LogP contribution is 2.24. The number of aliphatic imine (C=N–C) groups is 1. The number of hydrogen-bond donors (Lipinski definition) is 1. The molecular weight excluding hydrogens is 186 g/mol. The van der Waals surface area contributed by atoms with Crippen LogP contribution in [0.25, 0.3) is 0 Å². The fourth-order valence-corrected chi connectivity index (χ4v) is 1.21. The van der Waals surface area contributed by atoms with Crippen molar-refractivity contribution in [2.75, 3.05) is 5.73 Å². The Balaban J connectivity index is 2.26. The third-order valence-electron chi connectivity index (χ3n) is 1.94. The van der Waals surface area contributed by atoms with Gasteiger partial charge in [-0.15, -0.1) is 0 Å². The number of pyridine rings is 1. The number of halogens is 1. The Hall–Kier alpha value is -1.09. The molecule has 0 saturated heterocycles. The Bertz CT molecular complexity index is 324. The molecule has 0 bridgehead atoms. The van der Waals surface area contributed by atoms with E-state index in [-0.39, 0.29) is 0 Å². The number of aromatic nitrogens is 1. The summed E-state index contributed by atoms with van der Waals surface area (Å²) in [6.07, 6.45) is 5.66. The molecule has 0 atom stereocenters. The highest BCUT2D eigenvalue weighted by Gasteiger charge is 2.19. The summed E-state index contributed by atoms with van der Waals surface area (Å²) in [7, 11) is 0. The van der Waals surface area contributed by atoms with Crippen molar-refractivity contribution in [3.63, 3.8) is 0 Å². The summed E-state index contributed by atoms with van der Waals surface area (Å²) < 4.78 is 0. The van der Waals surface area contributed by atoms with Crippen molar-refractivity contribution in [1.29, 1.82) is 0 Å². The van der Waals surface area contributed by atoms with Crippen molar-refractivity contribution in [3.05, 3.63) is 23.0 Å². The van der Waals surface area contributed by atoms with Crippen molar-refractivity contribution in [2.45, 2.75) is 18.9 Å². The number of nitrogens with two attached hydrogens (primary N) is 1. The van der Waals surface area contributed by atoms with E-state index in [1.54, 1.807) is 18.5 Å². The van der Waals surface area contributed by atoms with Crippen molar-refractivity contribution < 1.29 is 0 Å². The van der Waals surface area contributed by atoms with Crippen LogP contribution in [-0.2, 0) is 0 Å². The number of nitrogen functional groups attached to an aromatic ring is 1. The van der Waals surface area contributed by atoms with Crippen molar-refractivity contribution in [2.24, 2.45) is 4.99 Å². The van der Waals surface area contributed by atoms with E-state index >= 15 is 0 Å². The molecule has 0 aromatic carbocycles. The lowest BCUT2D eigenvalue weighted by Crippen LogP contribution is -1.96. The molecule has 0 radical (unpaired) electrons. The Morgan fingerprint density at radius 1 is 1.62 bits per heavy atom. The zero-order valence-corrected chi connectivity index (χ0v) is 7.83. The smallest absolute Gasteiger partial charge is 0.139 e. The largest absolute Gasteiger partial charge is 0.398 e. The molecule has 1 aliphatic carbocycles. The van der Waals surface area contributed by atoms with E-state index in [9.17, 15) is 0 Å². The van der Waals surface area contributed by atoms with Crippen LogP contribution < -0.4 is 5.73 Å². The van der Waals surface area contributed by atoms with Crippen LogP contribution in [0.3, 0.4) is 0 Å². The molecule has 2 rings (SSSR count). The SMILES string of the molecule is Nc1ccnc(Cl)c1C=NC1CC1. The maximum atomic E-state index is 5.85. The summed E-state index contributed by atoms with van der Waals surface area (Å²) in [6.45, 7) is 0. The lowest BCUT2D eigenvalue weighted by molar-refractivity contribution is 1.08. The van der Waals surface area contributed by atoms with Crippen molar-refractivity contribution in [1.82, 2.24) is 4.98 Å². The second kappa shape index (κ2) is 3.34. The fraction of sp³-hybridized carbons (Fsp3) is 0.333. The number of rotatable bonds is 2. The summed E-state index contributed by atoms with van der Waals surface area (Å²) >= 11 is 5.85. The van der Waals surface area contributed by atoms with E-state index in [4.69, 9.17) is 17.3 Å². The van der Waals surface area contributed by atoms with E-state index in [2.05, 4.69) is 9.98 Å². The zero-order chi connectivity index (χ0) is 9.26. The fourth-order valence-electron chi connectivity index (χ4n) is 0.993. The molecule has 0 aliphatic heterocycles. The van der Waals surface area contributed by atoms with Gasteiger partial charge in [0.05, 0.1) is 11.6 Å². The lowest BCUT2D eigenvalue weighted by Gasteiger charge is -2.00. The zero-order valence-electron chi connectivity index (χ0n) is 7.07. The first-order valence-electron chi connectivity index (χ1n) is 4.20. The van der Waals surface area contributed by atoms with Crippen LogP contribution >= 0.6 is 11.6 Å². The van der Waals surface area contributed by atoms with Gasteiger partial charge >= 0.3 is 0 Å². The Kier molecular flexibility index (Phi) is 2.19. The molecule has 13 heavy (non-hydrogen) atoms. The second-order valence-corrected chi connectivity index (χ2v) is 3.47. The van der Waals surface area contributed by atoms with Crippen LogP contribution in [0.4, 0.5) is 5.69 Å². The molecule has 1 aromatic heterocycles. The van der Waals surface area contributed by atoms with Crippen molar-refractivity contribution >= 4 is 23.5 Å². The van der Waals surface area contributed by atoms with Gasteiger partial charge in [0, 0.05) is 18.1 Å². The minimum atomic E-state index is 0.421. The number of hydrogen-bond acceptors (Lipinski definition) is 3. The van der Waals surface area contributed by atoms with Crippen LogP contribution in [0.5, 0.6) is 0 Å². The van der Waals surface area contributed by atoms with E-state index in [1.807, 2.05) is 0 Å². The van der Waals surface area contributed by atoms with E-state index in [1.165, 1.54) is 12.8 Å². The first-order valence-corrected chi connectivity index (χ1v) is 4.58. The second-order valence-electron chi connectivity index (χ2n) is 3.11. The van der Waals surface area contributed by atoms with Gasteiger partial charge < -0.3 is 5.73 Å². The highest BCUT2D eigenvalue weighted by molar-refractivity contribution is 6.32. The molecule has 2 N–H and O–H groups in total. The van der Waals surface area contributed by atoms with Crippen LogP contribution in [0, 0.1) is 0 Å². The van der Waals surface area contributed by atoms with E-state index in [0.29, 0.717) is 16.9 Å². The maximum absolute atomic E-state index is 5.85. The monoisotopic (exact) mass is 195 g/mol. The van der Waals surface area contributed by atoms with Crippen molar-refractivity contribution in [3.8, 4) is 0 Å². The summed E-state index contributed by atoms with van der Waals surface area (Å²) in [5, 5.41) is 0.421. The molecule has 68 valence electrons. The molecule has 1 saturated carbocycles. The summed E-state index contributed by atoms with van der Waals surface area (Å²) in [5.41, 5.74) is 7.07. The minimum absolute atomic E-state index is 0.421. The van der Waals surface area contributed by atoms with Crippen LogP contribution in [0.2, 0.25) is 5.15 Å². The normalized spacial score (nSPS) is 16.7. The average Bonchev–Trinajstić information content (AvgIpc) is 2.87. The first-order chi connectivity index (χ1) is 6.27. The molecule has 0 unspecified atom stereocenters. The molecular formula is C9H10ClN3. The number of anilines is 1. The molecule has 0 amide bonds. The van der Waals surface area contributed by atoms with E-state index < -0.39 is 0 Å². The average molecular weight is 196 g/mol. The standard InChI is InChI=1S/C9H10ClN3/c10-9-7(5-13-6-1-2-6)8(11)3-4-12-9/h3-6H,1-2H2,(H2,11,12). The molecule has 1 heterocycles. The van der Waals surface area contributed by atoms with Crippen LogP contribution in [0.1, 0.15) is 18.4 Å². The first kappa shape index (κ1) is 8.51. The minimum Gasteiger partial charge on any atom is -0.398 e. The Labute approximate surface area is 81.6 Å². The number of nitrogens with zero attached hydrogens (tertiary/aromatic N) is 2. The van der Waals surface area contributed by atoms with Gasteiger partial charge in [0.2, 0.25) is 0 Å². The van der Waals surface area contributed by atoms with Gasteiger partial charge in [0.1, 0.15) is 5.15 Å². The Morgan fingerprint density at radius 3 is 3.00 bits per heavy atom. The molecule has 0 spiro atoms. The van der Waals surface area contributed by atoms with E-state index in [0.717, 1.165) is 5.56 Å². The van der Waals surface area contributed by atoms with Gasteiger partial charge in [-0.05, 0) is 18.9 Å². The topological polar surface area (TPSA) is 51.3 Å². The van der Waals surface area contributed by atoms with Crippen LogP contribution in [-0.4, -0.2) is 17.2 Å². The van der Waals surface area contributed by atoms with Gasteiger partial charge in [0.25, 0.3) is 0 Å². The predicted octanol–water partition coefficient (Wildman–Crippen LogP) is 1.90. The van der Waals surface area contributed by atoms with Gasteiger partial charge in [-0.25, -0.2) is 4.98 Å². The third kappa shape index (κ3) is 1.98. The summed E-state index contributed by atoms with van der Waals surface area (Å²) in [5.74, 6) is 0. The summed E-state index contributed by atoms with van der Waals surface area (Å²) in [6, 6.07) is 2.20. The van der Waals surface area contributed by atoms with Gasteiger partial charge in [-0.1, -0.05) is 11.6 Å². The Morgan fingerprint density at radius 2 is 2.38 bits per heavy atom. The predicted molar refractivity (Wildman–Crippen MR) is 54.3 cm³/mol. The molecule has 1 aromatic rings. The maximum Gasteiger partial charge on any atom is 0.139 e.